The van der Waals surface area contributed by atoms with E-state index in [4.69, 9.17) is 0 Å². The molecule has 0 atom stereocenters. The molecule has 0 saturated heterocycles. The molecule has 1 aliphatic heterocycles. The maximum Gasteiger partial charge on any atom is 0.224 e. The lowest BCUT2D eigenvalue weighted by Crippen LogP contribution is -2.36. The number of amides is 1. The van der Waals surface area contributed by atoms with Gasteiger partial charge in [0, 0.05) is 24.9 Å². The summed E-state index contributed by atoms with van der Waals surface area (Å²) in [6.07, 6.45) is 3.30. The minimum absolute atomic E-state index is 0.207. The van der Waals surface area contributed by atoms with E-state index >= 15 is 0 Å². The highest BCUT2D eigenvalue weighted by atomic mass is 16.2. The smallest absolute Gasteiger partial charge is 0.224 e. The highest BCUT2D eigenvalue weighted by Crippen LogP contribution is 2.19. The van der Waals surface area contributed by atoms with Gasteiger partial charge < -0.3 is 4.90 Å². The van der Waals surface area contributed by atoms with Crippen LogP contribution in [0.5, 0.6) is 0 Å². The van der Waals surface area contributed by atoms with E-state index in [1.54, 1.807) is 0 Å². The van der Waals surface area contributed by atoms with Gasteiger partial charge in [-0.15, -0.1) is 0 Å². The fourth-order valence-corrected chi connectivity index (χ4v) is 3.27. The number of carbonyl (C=O) groups is 1. The Balaban J connectivity index is 1.43. The van der Waals surface area contributed by atoms with Gasteiger partial charge in [-0.3, -0.25) is 9.48 Å². The Hall–Kier alpha value is -2.62. The lowest BCUT2D eigenvalue weighted by atomic mass is 10.00. The van der Waals surface area contributed by atoms with Crippen LogP contribution in [0, 0.1) is 0 Å². The summed E-state index contributed by atoms with van der Waals surface area (Å²) in [5, 5.41) is 5.51. The van der Waals surface area contributed by atoms with Gasteiger partial charge in [0.1, 0.15) is 0 Å². The second kappa shape index (κ2) is 5.88. The molecule has 0 bridgehead atoms. The summed E-state index contributed by atoms with van der Waals surface area (Å²) < 4.78 is 1.92. The number of benzene rings is 2. The molecule has 2 aromatic carbocycles. The second-order valence-electron chi connectivity index (χ2n) is 6.01. The summed E-state index contributed by atoms with van der Waals surface area (Å²) in [5.41, 5.74) is 3.73. The number of aryl methyl sites for hydroxylation is 1. The molecule has 0 N–H and O–H groups in total. The lowest BCUT2D eigenvalue weighted by molar-refractivity contribution is -0.132. The molecule has 23 heavy (non-hydrogen) atoms. The number of nitrogens with zero attached hydrogens (tertiary/aromatic N) is 3. The molecular weight excluding hydrogens is 286 g/mol. The van der Waals surface area contributed by atoms with E-state index in [1.807, 2.05) is 46.1 Å². The second-order valence-corrected chi connectivity index (χ2v) is 6.01. The van der Waals surface area contributed by atoms with Crippen molar-refractivity contribution in [2.45, 2.75) is 25.9 Å². The van der Waals surface area contributed by atoms with Gasteiger partial charge in [0.15, 0.2) is 0 Å². The number of aromatic nitrogens is 2. The Morgan fingerprint density at radius 1 is 1.04 bits per heavy atom. The summed E-state index contributed by atoms with van der Waals surface area (Å²) in [6.45, 7) is 2.18. The maximum absolute atomic E-state index is 12.5. The van der Waals surface area contributed by atoms with Crippen LogP contribution in [-0.4, -0.2) is 27.1 Å². The van der Waals surface area contributed by atoms with Crippen LogP contribution in [0.3, 0.4) is 0 Å². The molecule has 0 saturated carbocycles. The molecule has 4 nitrogen and oxygen atoms in total. The fourth-order valence-electron chi connectivity index (χ4n) is 3.27. The first-order valence-corrected chi connectivity index (χ1v) is 8.06. The standard InChI is InChI=1S/C19H19N3O/c23-19(21-11-9-15-5-1-2-7-17(15)14-21)10-12-22-18-8-4-3-6-16(18)13-20-22/h1-8,13H,9-12,14H2. The van der Waals surface area contributed by atoms with Crippen molar-refractivity contribution in [3.63, 3.8) is 0 Å². The molecule has 0 aliphatic carbocycles. The van der Waals surface area contributed by atoms with Crippen molar-refractivity contribution in [1.29, 1.82) is 0 Å². The van der Waals surface area contributed by atoms with Crippen LogP contribution < -0.4 is 0 Å². The number of rotatable bonds is 3. The zero-order chi connectivity index (χ0) is 15.6. The van der Waals surface area contributed by atoms with Crippen LogP contribution in [0.4, 0.5) is 0 Å². The number of fused-ring (bicyclic) bond motifs is 2. The molecule has 1 amide bonds. The Morgan fingerprint density at radius 3 is 2.74 bits per heavy atom. The van der Waals surface area contributed by atoms with E-state index in [2.05, 4.69) is 23.3 Å². The molecular formula is C19H19N3O. The molecule has 4 rings (SSSR count). The van der Waals surface area contributed by atoms with Gasteiger partial charge >= 0.3 is 0 Å². The van der Waals surface area contributed by atoms with Crippen molar-refractivity contribution in [2.24, 2.45) is 0 Å². The van der Waals surface area contributed by atoms with Crippen LogP contribution in [0.1, 0.15) is 17.5 Å². The summed E-state index contributed by atoms with van der Waals surface area (Å²) in [4.78, 5) is 14.5. The summed E-state index contributed by atoms with van der Waals surface area (Å²) in [6, 6.07) is 16.5. The summed E-state index contributed by atoms with van der Waals surface area (Å²) >= 11 is 0. The van der Waals surface area contributed by atoms with Crippen LogP contribution in [0.2, 0.25) is 0 Å². The van der Waals surface area contributed by atoms with E-state index < -0.39 is 0 Å². The average molecular weight is 305 g/mol. The molecule has 1 aliphatic rings. The largest absolute Gasteiger partial charge is 0.338 e. The van der Waals surface area contributed by atoms with Crippen molar-refractivity contribution >= 4 is 16.8 Å². The third-order valence-corrected chi connectivity index (χ3v) is 4.57. The van der Waals surface area contributed by atoms with Crippen molar-refractivity contribution in [2.75, 3.05) is 6.54 Å². The summed E-state index contributed by atoms with van der Waals surface area (Å²) in [7, 11) is 0. The number of para-hydroxylation sites is 1. The fraction of sp³-hybridized carbons (Fsp3) is 0.263. The minimum Gasteiger partial charge on any atom is -0.338 e. The van der Waals surface area contributed by atoms with Crippen LogP contribution >= 0.6 is 0 Å². The van der Waals surface area contributed by atoms with E-state index in [0.29, 0.717) is 13.0 Å². The topological polar surface area (TPSA) is 38.1 Å². The van der Waals surface area contributed by atoms with E-state index in [-0.39, 0.29) is 5.91 Å². The Morgan fingerprint density at radius 2 is 1.83 bits per heavy atom. The van der Waals surface area contributed by atoms with E-state index in [0.717, 1.165) is 30.4 Å². The Labute approximate surface area is 135 Å². The molecule has 0 unspecified atom stereocenters. The Kier molecular flexibility index (Phi) is 3.58. The maximum atomic E-state index is 12.5. The minimum atomic E-state index is 0.207. The van der Waals surface area contributed by atoms with Gasteiger partial charge in [0.2, 0.25) is 5.91 Å². The SMILES string of the molecule is O=C(CCn1ncc2ccccc21)N1CCc2ccccc2C1. The predicted molar refractivity (Wildman–Crippen MR) is 89.9 cm³/mol. The first kappa shape index (κ1) is 14.0. The number of carbonyl (C=O) groups excluding carboxylic acids is 1. The highest BCUT2D eigenvalue weighted by Gasteiger charge is 2.20. The molecule has 0 fully saturated rings. The molecule has 0 radical (unpaired) electrons. The van der Waals surface area contributed by atoms with Crippen molar-refractivity contribution < 1.29 is 4.79 Å². The molecule has 1 aromatic heterocycles. The molecule has 4 heteroatoms. The van der Waals surface area contributed by atoms with E-state index in [9.17, 15) is 4.79 Å². The first-order valence-electron chi connectivity index (χ1n) is 8.06. The number of hydrogen-bond acceptors (Lipinski definition) is 2. The van der Waals surface area contributed by atoms with Gasteiger partial charge in [-0.25, -0.2) is 0 Å². The van der Waals surface area contributed by atoms with Crippen LogP contribution in [-0.2, 0) is 24.3 Å². The highest BCUT2D eigenvalue weighted by molar-refractivity contribution is 5.79. The van der Waals surface area contributed by atoms with Gasteiger partial charge in [0.05, 0.1) is 18.3 Å². The normalized spacial score (nSPS) is 14.0. The average Bonchev–Trinajstić information content (AvgIpc) is 3.02. The van der Waals surface area contributed by atoms with Gasteiger partial charge in [-0.1, -0.05) is 42.5 Å². The Bertz CT molecular complexity index is 852. The zero-order valence-corrected chi connectivity index (χ0v) is 13.0. The predicted octanol–water partition coefficient (Wildman–Crippen LogP) is 3.01. The van der Waals surface area contributed by atoms with Gasteiger partial charge in [0.25, 0.3) is 0 Å². The molecule has 116 valence electrons. The lowest BCUT2D eigenvalue weighted by Gasteiger charge is -2.29. The van der Waals surface area contributed by atoms with Crippen LogP contribution in [0.25, 0.3) is 10.9 Å². The molecule has 3 aromatic rings. The monoisotopic (exact) mass is 305 g/mol. The van der Waals surface area contributed by atoms with Gasteiger partial charge in [-0.05, 0) is 23.6 Å². The third kappa shape index (κ3) is 2.72. The van der Waals surface area contributed by atoms with Crippen molar-refractivity contribution in [1.82, 2.24) is 14.7 Å². The van der Waals surface area contributed by atoms with Crippen molar-refractivity contribution in [3.8, 4) is 0 Å². The molecule has 0 spiro atoms. The third-order valence-electron chi connectivity index (χ3n) is 4.57. The molecule has 2 heterocycles. The summed E-state index contributed by atoms with van der Waals surface area (Å²) in [5.74, 6) is 0.207. The first-order chi connectivity index (χ1) is 11.3. The van der Waals surface area contributed by atoms with E-state index in [1.165, 1.54) is 11.1 Å². The van der Waals surface area contributed by atoms with Crippen LogP contribution in [0.15, 0.2) is 54.7 Å². The zero-order valence-electron chi connectivity index (χ0n) is 13.0. The number of hydrogen-bond donors (Lipinski definition) is 0. The van der Waals surface area contributed by atoms with Crippen molar-refractivity contribution in [3.05, 3.63) is 65.9 Å². The quantitative estimate of drug-likeness (QED) is 0.746. The van der Waals surface area contributed by atoms with Gasteiger partial charge in [-0.2, -0.15) is 5.10 Å².